The van der Waals surface area contributed by atoms with Gasteiger partial charge in [0.2, 0.25) is 0 Å². The van der Waals surface area contributed by atoms with Gasteiger partial charge in [-0.2, -0.15) is 8.42 Å². The van der Waals surface area contributed by atoms with Crippen LogP contribution in [0, 0.1) is 5.92 Å². The summed E-state index contributed by atoms with van der Waals surface area (Å²) < 4.78 is 25.8. The summed E-state index contributed by atoms with van der Waals surface area (Å²) in [6, 6.07) is -0.526. The molecule has 1 atom stereocenters. The van der Waals surface area contributed by atoms with Crippen molar-refractivity contribution >= 4 is 16.2 Å². The first-order chi connectivity index (χ1) is 6.22. The highest BCUT2D eigenvalue weighted by Crippen LogP contribution is 2.03. The number of rotatable bonds is 5. The van der Waals surface area contributed by atoms with E-state index in [0.29, 0.717) is 0 Å². The highest BCUT2D eigenvalue weighted by Gasteiger charge is 2.17. The summed E-state index contributed by atoms with van der Waals surface area (Å²) in [5, 5.41) is 10.6. The molecule has 1 unspecified atom stereocenters. The van der Waals surface area contributed by atoms with Gasteiger partial charge in [0, 0.05) is 0 Å². The Hall–Kier alpha value is -0.820. The van der Waals surface area contributed by atoms with Crippen molar-refractivity contribution in [1.29, 1.82) is 0 Å². The van der Waals surface area contributed by atoms with Crippen LogP contribution in [0.2, 0.25) is 0 Å². The van der Waals surface area contributed by atoms with E-state index in [-0.39, 0.29) is 12.5 Å². The molecule has 0 bridgehead atoms. The molecule has 0 saturated carbocycles. The Bertz CT molecular complexity index is 284. The van der Waals surface area contributed by atoms with Crippen molar-refractivity contribution in [3.63, 3.8) is 0 Å². The van der Waals surface area contributed by atoms with Crippen molar-refractivity contribution in [2.75, 3.05) is 12.9 Å². The molecular formula is C7H15NO5S. The Morgan fingerprint density at radius 1 is 1.50 bits per heavy atom. The summed E-state index contributed by atoms with van der Waals surface area (Å²) in [5.41, 5.74) is 0. The number of carbonyl (C=O) groups is 1. The van der Waals surface area contributed by atoms with Crippen LogP contribution in [-0.4, -0.2) is 38.5 Å². The molecule has 6 nitrogen and oxygen atoms in total. The summed E-state index contributed by atoms with van der Waals surface area (Å²) in [5.74, 6) is -0.0344. The fourth-order valence-corrected chi connectivity index (χ4v) is 1.15. The van der Waals surface area contributed by atoms with Crippen molar-refractivity contribution in [3.8, 4) is 0 Å². The molecule has 0 heterocycles. The minimum Gasteiger partial charge on any atom is -0.465 e. The maximum Gasteiger partial charge on any atom is 0.404 e. The topological polar surface area (TPSA) is 92.7 Å². The molecule has 0 aromatic heterocycles. The molecule has 0 aromatic rings. The Balaban J connectivity index is 4.18. The molecule has 0 aliphatic heterocycles. The maximum absolute atomic E-state index is 10.6. The predicted molar refractivity (Wildman–Crippen MR) is 50.6 cm³/mol. The summed E-state index contributed by atoms with van der Waals surface area (Å²) in [7, 11) is -3.52. The van der Waals surface area contributed by atoms with E-state index in [9.17, 15) is 13.2 Å². The molecule has 0 aromatic carbocycles. The predicted octanol–water partition coefficient (Wildman–Crippen LogP) is 0.255. The van der Waals surface area contributed by atoms with Crippen LogP contribution < -0.4 is 5.32 Å². The van der Waals surface area contributed by atoms with Gasteiger partial charge in [0.25, 0.3) is 10.1 Å². The molecule has 7 heteroatoms. The Morgan fingerprint density at radius 3 is 2.29 bits per heavy atom. The van der Waals surface area contributed by atoms with Gasteiger partial charge in [-0.3, -0.25) is 4.18 Å². The van der Waals surface area contributed by atoms with E-state index in [2.05, 4.69) is 9.50 Å². The second-order valence-electron chi connectivity index (χ2n) is 3.29. The van der Waals surface area contributed by atoms with Crippen LogP contribution in [0.4, 0.5) is 4.79 Å². The minimum atomic E-state index is -3.52. The van der Waals surface area contributed by atoms with Crippen LogP contribution in [0.5, 0.6) is 0 Å². The largest absolute Gasteiger partial charge is 0.465 e. The lowest BCUT2D eigenvalue weighted by Crippen LogP contribution is -2.41. The standard InChI is InChI=1S/C7H15NO5S/c1-5(2)6(8-7(9)10)4-13-14(3,11)12/h5-6,8H,4H2,1-3H3,(H,9,10). The number of hydrogen-bond acceptors (Lipinski definition) is 4. The zero-order valence-electron chi connectivity index (χ0n) is 8.35. The van der Waals surface area contributed by atoms with Crippen molar-refractivity contribution in [1.82, 2.24) is 5.32 Å². The molecule has 0 rings (SSSR count). The third kappa shape index (κ3) is 6.67. The summed E-state index contributed by atoms with van der Waals surface area (Å²) in [6.45, 7) is 3.36. The Labute approximate surface area is 83.4 Å². The van der Waals surface area contributed by atoms with Crippen LogP contribution in [0.15, 0.2) is 0 Å². The molecule has 0 spiro atoms. The first kappa shape index (κ1) is 13.2. The van der Waals surface area contributed by atoms with Crippen molar-refractivity contribution in [3.05, 3.63) is 0 Å². The molecule has 0 saturated heterocycles. The highest BCUT2D eigenvalue weighted by atomic mass is 32.2. The van der Waals surface area contributed by atoms with Crippen LogP contribution in [-0.2, 0) is 14.3 Å². The van der Waals surface area contributed by atoms with E-state index >= 15 is 0 Å². The zero-order valence-corrected chi connectivity index (χ0v) is 9.17. The smallest absolute Gasteiger partial charge is 0.404 e. The third-order valence-electron chi connectivity index (χ3n) is 1.58. The number of amides is 1. The average molecular weight is 225 g/mol. The van der Waals surface area contributed by atoms with Crippen molar-refractivity contribution in [2.24, 2.45) is 5.92 Å². The summed E-state index contributed by atoms with van der Waals surface area (Å²) >= 11 is 0. The number of nitrogens with one attached hydrogen (secondary N) is 1. The number of hydrogen-bond donors (Lipinski definition) is 2. The van der Waals surface area contributed by atoms with Gasteiger partial charge in [-0.1, -0.05) is 13.8 Å². The molecule has 84 valence electrons. The SMILES string of the molecule is CC(C)C(COS(C)(=O)=O)NC(=O)O. The van der Waals surface area contributed by atoms with Gasteiger partial charge in [0.15, 0.2) is 0 Å². The molecule has 0 aliphatic carbocycles. The fourth-order valence-electron chi connectivity index (χ4n) is 0.756. The average Bonchev–Trinajstić information content (AvgIpc) is 1.94. The van der Waals surface area contributed by atoms with E-state index in [1.54, 1.807) is 13.8 Å². The van der Waals surface area contributed by atoms with Crippen LogP contribution >= 0.6 is 0 Å². The molecule has 2 N–H and O–H groups in total. The van der Waals surface area contributed by atoms with Gasteiger partial charge in [-0.05, 0) is 5.92 Å². The third-order valence-corrected chi connectivity index (χ3v) is 2.14. The lowest BCUT2D eigenvalue weighted by Gasteiger charge is -2.19. The molecular weight excluding hydrogens is 210 g/mol. The summed E-state index contributed by atoms with van der Waals surface area (Å²) in [6.07, 6.45) is -0.272. The van der Waals surface area contributed by atoms with Crippen molar-refractivity contribution in [2.45, 2.75) is 19.9 Å². The lowest BCUT2D eigenvalue weighted by molar-refractivity contribution is 0.173. The quantitative estimate of drug-likeness (QED) is 0.654. The first-order valence-corrected chi connectivity index (χ1v) is 5.88. The first-order valence-electron chi connectivity index (χ1n) is 4.06. The van der Waals surface area contributed by atoms with Gasteiger partial charge >= 0.3 is 6.09 Å². The van der Waals surface area contributed by atoms with Gasteiger partial charge in [0.05, 0.1) is 18.9 Å². The zero-order chi connectivity index (χ0) is 11.4. The summed E-state index contributed by atoms with van der Waals surface area (Å²) in [4.78, 5) is 10.3. The van der Waals surface area contributed by atoms with E-state index in [1.807, 2.05) is 0 Å². The van der Waals surface area contributed by atoms with Crippen LogP contribution in [0.3, 0.4) is 0 Å². The maximum atomic E-state index is 10.6. The second kappa shape index (κ2) is 5.16. The molecule has 1 amide bonds. The van der Waals surface area contributed by atoms with Crippen molar-refractivity contribution < 1.29 is 22.5 Å². The van der Waals surface area contributed by atoms with Gasteiger partial charge in [-0.15, -0.1) is 0 Å². The minimum absolute atomic E-state index is 0.0344. The molecule has 0 aliphatic rings. The van der Waals surface area contributed by atoms with E-state index in [1.165, 1.54) is 0 Å². The van der Waals surface area contributed by atoms with Gasteiger partial charge in [-0.25, -0.2) is 4.79 Å². The second-order valence-corrected chi connectivity index (χ2v) is 4.93. The van der Waals surface area contributed by atoms with Gasteiger partial charge < -0.3 is 10.4 Å². The molecule has 14 heavy (non-hydrogen) atoms. The monoisotopic (exact) mass is 225 g/mol. The highest BCUT2D eigenvalue weighted by molar-refractivity contribution is 7.85. The Kier molecular flexibility index (Phi) is 4.86. The van der Waals surface area contributed by atoms with Gasteiger partial charge in [0.1, 0.15) is 0 Å². The van der Waals surface area contributed by atoms with Crippen LogP contribution in [0.1, 0.15) is 13.8 Å². The van der Waals surface area contributed by atoms with Crippen LogP contribution in [0.25, 0.3) is 0 Å². The lowest BCUT2D eigenvalue weighted by atomic mass is 10.1. The molecule has 0 fully saturated rings. The Morgan fingerprint density at radius 2 is 2.00 bits per heavy atom. The normalized spacial score (nSPS) is 14.0. The van der Waals surface area contributed by atoms with E-state index in [0.717, 1.165) is 6.26 Å². The van der Waals surface area contributed by atoms with E-state index in [4.69, 9.17) is 5.11 Å². The molecule has 0 radical (unpaired) electrons. The number of carboxylic acid groups (broad SMARTS) is 1. The van der Waals surface area contributed by atoms with E-state index < -0.39 is 22.3 Å². The fraction of sp³-hybridized carbons (Fsp3) is 0.857.